The summed E-state index contributed by atoms with van der Waals surface area (Å²) in [6, 6.07) is 7.81. The number of aromatic nitrogens is 2. The third-order valence-corrected chi connectivity index (χ3v) is 2.18. The van der Waals surface area contributed by atoms with Crippen molar-refractivity contribution >= 4 is 10.9 Å². The molecule has 5 nitrogen and oxygen atoms in total. The highest BCUT2D eigenvalue weighted by Crippen LogP contribution is 2.15. The summed E-state index contributed by atoms with van der Waals surface area (Å²) in [7, 11) is 1.55. The highest BCUT2D eigenvalue weighted by molar-refractivity contribution is 5.79. The van der Waals surface area contributed by atoms with Crippen LogP contribution in [0, 0.1) is 11.3 Å². The van der Waals surface area contributed by atoms with Gasteiger partial charge in [0.25, 0.3) is 0 Å². The van der Waals surface area contributed by atoms with Crippen LogP contribution in [0.4, 0.5) is 0 Å². The predicted molar refractivity (Wildman–Crippen MR) is 57.5 cm³/mol. The molecule has 0 aliphatic rings. The van der Waals surface area contributed by atoms with Crippen LogP contribution in [0.15, 0.2) is 24.4 Å². The molecule has 1 heterocycles. The summed E-state index contributed by atoms with van der Waals surface area (Å²) in [6.45, 7) is 0.150. The van der Waals surface area contributed by atoms with Crippen molar-refractivity contribution in [3.63, 3.8) is 0 Å². The summed E-state index contributed by atoms with van der Waals surface area (Å²) in [6.07, 6.45) is 2.10. The molecule has 2 aromatic rings. The van der Waals surface area contributed by atoms with Crippen molar-refractivity contribution in [2.24, 2.45) is 0 Å². The quantitative estimate of drug-likeness (QED) is 0.720. The van der Waals surface area contributed by atoms with E-state index in [-0.39, 0.29) is 6.79 Å². The molecule has 0 atom stereocenters. The average molecular weight is 217 g/mol. The lowest BCUT2D eigenvalue weighted by Gasteiger charge is -2.04. The number of rotatable bonds is 4. The molecule has 0 aliphatic heterocycles. The first-order chi connectivity index (χ1) is 7.85. The Morgan fingerprint density at radius 1 is 1.50 bits per heavy atom. The number of fused-ring (bicyclic) bond motifs is 1. The molecule has 16 heavy (non-hydrogen) atoms. The minimum Gasteiger partial charge on any atom is -0.367 e. The van der Waals surface area contributed by atoms with Crippen LogP contribution in [-0.4, -0.2) is 23.8 Å². The summed E-state index contributed by atoms with van der Waals surface area (Å²) in [5, 5.41) is 13.6. The van der Waals surface area contributed by atoms with Crippen LogP contribution >= 0.6 is 0 Å². The molecule has 0 N–H and O–H groups in total. The van der Waals surface area contributed by atoms with E-state index < -0.39 is 0 Å². The van der Waals surface area contributed by atoms with E-state index in [1.54, 1.807) is 13.3 Å². The fraction of sp³-hybridized carbons (Fsp3) is 0.273. The second-order valence-electron chi connectivity index (χ2n) is 3.28. The van der Waals surface area contributed by atoms with Crippen molar-refractivity contribution in [3.8, 4) is 6.07 Å². The van der Waals surface area contributed by atoms with E-state index in [0.29, 0.717) is 6.42 Å². The van der Waals surface area contributed by atoms with Gasteiger partial charge < -0.3 is 9.57 Å². The lowest BCUT2D eigenvalue weighted by Crippen LogP contribution is -2.14. The van der Waals surface area contributed by atoms with Crippen molar-refractivity contribution in [2.45, 2.75) is 6.42 Å². The Labute approximate surface area is 92.8 Å². The highest BCUT2D eigenvalue weighted by Gasteiger charge is 2.04. The summed E-state index contributed by atoms with van der Waals surface area (Å²) in [5.41, 5.74) is 1.83. The van der Waals surface area contributed by atoms with Gasteiger partial charge in [0.2, 0.25) is 6.79 Å². The Morgan fingerprint density at radius 2 is 2.38 bits per heavy atom. The van der Waals surface area contributed by atoms with Crippen molar-refractivity contribution in [1.82, 2.24) is 9.94 Å². The molecular weight excluding hydrogens is 206 g/mol. The third kappa shape index (κ3) is 1.97. The van der Waals surface area contributed by atoms with Gasteiger partial charge in [-0.25, -0.2) is 0 Å². The van der Waals surface area contributed by atoms with E-state index in [2.05, 4.69) is 11.2 Å². The van der Waals surface area contributed by atoms with Gasteiger partial charge in [-0.1, -0.05) is 10.9 Å². The van der Waals surface area contributed by atoms with Crippen LogP contribution in [0.1, 0.15) is 5.56 Å². The first kappa shape index (κ1) is 10.5. The zero-order valence-corrected chi connectivity index (χ0v) is 8.88. The summed E-state index contributed by atoms with van der Waals surface area (Å²) >= 11 is 0. The topological polar surface area (TPSA) is 60.1 Å². The molecule has 0 radical (unpaired) electrons. The fourth-order valence-electron chi connectivity index (χ4n) is 1.47. The van der Waals surface area contributed by atoms with E-state index in [0.717, 1.165) is 16.5 Å². The second-order valence-corrected chi connectivity index (χ2v) is 3.28. The standard InChI is InChI=1S/C11H11N3O2/c1-15-8-16-14-11-3-2-9(4-5-12)6-10(11)7-13-14/h2-3,6-7H,4,8H2,1H3. The Hall–Kier alpha value is -2.06. The molecule has 0 amide bonds. The van der Waals surface area contributed by atoms with Gasteiger partial charge in [-0.05, 0) is 17.7 Å². The van der Waals surface area contributed by atoms with Gasteiger partial charge in [-0.3, -0.25) is 0 Å². The van der Waals surface area contributed by atoms with Crippen LogP contribution in [-0.2, 0) is 11.2 Å². The van der Waals surface area contributed by atoms with Gasteiger partial charge in [0.05, 0.1) is 18.7 Å². The second kappa shape index (κ2) is 4.64. The van der Waals surface area contributed by atoms with Crippen LogP contribution < -0.4 is 4.84 Å². The van der Waals surface area contributed by atoms with Crippen molar-refractivity contribution in [1.29, 1.82) is 5.26 Å². The number of nitriles is 1. The zero-order valence-electron chi connectivity index (χ0n) is 8.88. The Bertz CT molecular complexity index is 527. The lowest BCUT2D eigenvalue weighted by molar-refractivity contribution is -0.0464. The first-order valence-corrected chi connectivity index (χ1v) is 4.81. The van der Waals surface area contributed by atoms with E-state index in [4.69, 9.17) is 14.8 Å². The van der Waals surface area contributed by atoms with Gasteiger partial charge in [-0.2, -0.15) is 5.26 Å². The fourth-order valence-corrected chi connectivity index (χ4v) is 1.47. The normalized spacial score (nSPS) is 10.2. The molecule has 82 valence electrons. The van der Waals surface area contributed by atoms with E-state index in [9.17, 15) is 0 Å². The van der Waals surface area contributed by atoms with Gasteiger partial charge >= 0.3 is 0 Å². The zero-order chi connectivity index (χ0) is 11.4. The summed E-state index contributed by atoms with van der Waals surface area (Å²) in [4.78, 5) is 6.64. The van der Waals surface area contributed by atoms with Crippen LogP contribution in [0.2, 0.25) is 0 Å². The summed E-state index contributed by atoms with van der Waals surface area (Å²) in [5.74, 6) is 0. The largest absolute Gasteiger partial charge is 0.367 e. The Kier molecular flexibility index (Phi) is 3.03. The molecule has 0 saturated carbocycles. The minimum atomic E-state index is 0.150. The molecule has 0 spiro atoms. The molecule has 2 rings (SSSR count). The molecule has 1 aromatic heterocycles. The molecule has 5 heteroatoms. The van der Waals surface area contributed by atoms with Crippen LogP contribution in [0.25, 0.3) is 10.9 Å². The van der Waals surface area contributed by atoms with Crippen molar-refractivity contribution < 1.29 is 9.57 Å². The van der Waals surface area contributed by atoms with Crippen LogP contribution in [0.3, 0.4) is 0 Å². The third-order valence-electron chi connectivity index (χ3n) is 2.18. The Balaban J connectivity index is 2.32. The van der Waals surface area contributed by atoms with Gasteiger partial charge in [-0.15, -0.1) is 5.10 Å². The first-order valence-electron chi connectivity index (χ1n) is 4.81. The maximum atomic E-state index is 8.60. The Morgan fingerprint density at radius 3 is 3.12 bits per heavy atom. The monoisotopic (exact) mass is 217 g/mol. The van der Waals surface area contributed by atoms with E-state index >= 15 is 0 Å². The summed E-state index contributed by atoms with van der Waals surface area (Å²) < 4.78 is 4.80. The maximum absolute atomic E-state index is 8.60. The van der Waals surface area contributed by atoms with Gasteiger partial charge in [0.1, 0.15) is 5.52 Å². The number of hydrogen-bond donors (Lipinski definition) is 0. The molecule has 0 fully saturated rings. The van der Waals surface area contributed by atoms with E-state index in [1.165, 1.54) is 4.85 Å². The molecule has 1 aromatic carbocycles. The number of methoxy groups -OCH3 is 1. The highest BCUT2D eigenvalue weighted by atomic mass is 16.8. The van der Waals surface area contributed by atoms with Crippen molar-refractivity contribution in [2.75, 3.05) is 13.9 Å². The molecule has 0 bridgehead atoms. The van der Waals surface area contributed by atoms with E-state index in [1.807, 2.05) is 18.2 Å². The SMILES string of the molecule is COCOn1ncc2cc(CC#N)ccc21. The molecule has 0 saturated heterocycles. The van der Waals surface area contributed by atoms with Gasteiger partial charge in [0, 0.05) is 12.5 Å². The number of ether oxygens (including phenoxy) is 1. The predicted octanol–water partition coefficient (Wildman–Crippen LogP) is 1.13. The average Bonchev–Trinajstić information content (AvgIpc) is 2.69. The molecule has 0 unspecified atom stereocenters. The smallest absolute Gasteiger partial charge is 0.216 e. The minimum absolute atomic E-state index is 0.150. The molecule has 0 aliphatic carbocycles. The van der Waals surface area contributed by atoms with Crippen molar-refractivity contribution in [3.05, 3.63) is 30.0 Å². The number of benzene rings is 1. The number of nitrogens with zero attached hydrogens (tertiary/aromatic N) is 3. The molecular formula is C11H11N3O2. The lowest BCUT2D eigenvalue weighted by atomic mass is 10.1. The van der Waals surface area contributed by atoms with Gasteiger partial charge in [0.15, 0.2) is 0 Å². The van der Waals surface area contributed by atoms with Crippen LogP contribution in [0.5, 0.6) is 0 Å². The maximum Gasteiger partial charge on any atom is 0.216 e. The number of hydrogen-bond acceptors (Lipinski definition) is 4.